The largest absolute Gasteiger partial charge is 0.368 e. The molecule has 1 amide bonds. The van der Waals surface area contributed by atoms with E-state index in [2.05, 4.69) is 4.98 Å². The van der Waals surface area contributed by atoms with Crippen LogP contribution in [0.15, 0.2) is 30.6 Å². The fourth-order valence-electron chi connectivity index (χ4n) is 1.87. The van der Waals surface area contributed by atoms with Gasteiger partial charge in [0.15, 0.2) is 0 Å². The second-order valence-electron chi connectivity index (χ2n) is 4.28. The van der Waals surface area contributed by atoms with E-state index >= 15 is 0 Å². The van der Waals surface area contributed by atoms with Crippen LogP contribution in [0.1, 0.15) is 24.4 Å². The lowest BCUT2D eigenvalue weighted by atomic mass is 10.1. The predicted molar refractivity (Wildman–Crippen MR) is 75.4 cm³/mol. The number of hydrogen-bond acceptors (Lipinski definition) is 2. The summed E-state index contributed by atoms with van der Waals surface area (Å²) in [5.41, 5.74) is 6.24. The lowest BCUT2D eigenvalue weighted by molar-refractivity contribution is -0.120. The van der Waals surface area contributed by atoms with Gasteiger partial charge in [-0.15, -0.1) is 0 Å². The van der Waals surface area contributed by atoms with Gasteiger partial charge in [0, 0.05) is 28.9 Å². The van der Waals surface area contributed by atoms with E-state index in [1.807, 2.05) is 12.1 Å². The first-order valence-corrected chi connectivity index (χ1v) is 6.49. The minimum Gasteiger partial charge on any atom is -0.368 e. The van der Waals surface area contributed by atoms with Gasteiger partial charge in [-0.25, -0.2) is 4.98 Å². The number of carbonyl (C=O) groups excluding carboxylic acids is 1. The molecule has 2 aromatic rings. The van der Waals surface area contributed by atoms with E-state index in [1.165, 1.54) is 0 Å². The van der Waals surface area contributed by atoms with E-state index in [0.717, 1.165) is 11.4 Å². The molecule has 1 atom stereocenters. The third kappa shape index (κ3) is 3.28. The standard InChI is InChI=1S/C13H13Cl2N3O/c1-8(13(16)19)18-3-2-17-12(18)6-9-4-10(14)7-11(15)5-9/h2-5,7-8H,6H2,1H3,(H2,16,19). The number of imidazole rings is 1. The lowest BCUT2D eigenvalue weighted by Gasteiger charge is -2.13. The maximum Gasteiger partial charge on any atom is 0.240 e. The summed E-state index contributed by atoms with van der Waals surface area (Å²) in [6.45, 7) is 1.73. The third-order valence-electron chi connectivity index (χ3n) is 2.86. The average molecular weight is 298 g/mol. The molecule has 0 aliphatic carbocycles. The van der Waals surface area contributed by atoms with Crippen molar-refractivity contribution >= 4 is 29.1 Å². The van der Waals surface area contributed by atoms with Gasteiger partial charge in [-0.05, 0) is 30.7 Å². The molecule has 0 aliphatic rings. The highest BCUT2D eigenvalue weighted by molar-refractivity contribution is 6.34. The Morgan fingerprint density at radius 3 is 2.58 bits per heavy atom. The predicted octanol–water partition coefficient (Wildman–Crippen LogP) is 2.83. The molecule has 2 rings (SSSR count). The second-order valence-corrected chi connectivity index (χ2v) is 5.16. The Bertz CT molecular complexity index is 589. The maximum atomic E-state index is 11.2. The lowest BCUT2D eigenvalue weighted by Crippen LogP contribution is -2.25. The molecular weight excluding hydrogens is 285 g/mol. The highest BCUT2D eigenvalue weighted by Crippen LogP contribution is 2.21. The molecule has 4 nitrogen and oxygen atoms in total. The van der Waals surface area contributed by atoms with Crippen molar-refractivity contribution in [1.82, 2.24) is 9.55 Å². The molecule has 0 saturated carbocycles. The van der Waals surface area contributed by atoms with Crippen LogP contribution in [0.3, 0.4) is 0 Å². The van der Waals surface area contributed by atoms with Crippen LogP contribution in [0.4, 0.5) is 0 Å². The van der Waals surface area contributed by atoms with Gasteiger partial charge in [0.05, 0.1) is 0 Å². The van der Waals surface area contributed by atoms with Crippen LogP contribution in [0.25, 0.3) is 0 Å². The molecule has 1 heterocycles. The zero-order valence-electron chi connectivity index (χ0n) is 10.3. The van der Waals surface area contributed by atoms with Gasteiger partial charge in [0.1, 0.15) is 11.9 Å². The third-order valence-corrected chi connectivity index (χ3v) is 3.30. The summed E-state index contributed by atoms with van der Waals surface area (Å²) in [5.74, 6) is 0.341. The molecule has 1 aromatic carbocycles. The molecule has 100 valence electrons. The van der Waals surface area contributed by atoms with Crippen LogP contribution in [-0.4, -0.2) is 15.5 Å². The highest BCUT2D eigenvalue weighted by Gasteiger charge is 2.15. The molecule has 1 aromatic heterocycles. The average Bonchev–Trinajstić information content (AvgIpc) is 2.74. The molecule has 0 radical (unpaired) electrons. The first kappa shape index (κ1) is 13.9. The first-order chi connectivity index (χ1) is 8.97. The Balaban J connectivity index is 2.29. The summed E-state index contributed by atoms with van der Waals surface area (Å²) in [6.07, 6.45) is 3.91. The Hall–Kier alpha value is -1.52. The van der Waals surface area contributed by atoms with E-state index in [9.17, 15) is 4.79 Å². The Kier molecular flexibility index (Phi) is 4.12. The summed E-state index contributed by atoms with van der Waals surface area (Å²) in [4.78, 5) is 15.5. The van der Waals surface area contributed by atoms with E-state index < -0.39 is 11.9 Å². The van der Waals surface area contributed by atoms with Gasteiger partial charge >= 0.3 is 0 Å². The van der Waals surface area contributed by atoms with Crippen LogP contribution in [0, 0.1) is 0 Å². The minimum atomic E-state index is -0.438. The number of amides is 1. The van der Waals surface area contributed by atoms with Gasteiger partial charge in [-0.2, -0.15) is 0 Å². The summed E-state index contributed by atoms with van der Waals surface area (Å²) < 4.78 is 1.75. The number of primary amides is 1. The van der Waals surface area contributed by atoms with E-state index in [1.54, 1.807) is 30.0 Å². The van der Waals surface area contributed by atoms with Gasteiger partial charge < -0.3 is 10.3 Å². The van der Waals surface area contributed by atoms with Gasteiger partial charge in [-0.3, -0.25) is 4.79 Å². The van der Waals surface area contributed by atoms with Gasteiger partial charge in [0.25, 0.3) is 0 Å². The number of carbonyl (C=O) groups is 1. The molecule has 2 N–H and O–H groups in total. The van der Waals surface area contributed by atoms with Crippen molar-refractivity contribution in [2.75, 3.05) is 0 Å². The number of nitrogens with two attached hydrogens (primary N) is 1. The van der Waals surface area contributed by atoms with Crippen LogP contribution >= 0.6 is 23.2 Å². The van der Waals surface area contributed by atoms with Crippen molar-refractivity contribution in [3.63, 3.8) is 0 Å². The van der Waals surface area contributed by atoms with Gasteiger partial charge in [-0.1, -0.05) is 23.2 Å². The molecule has 0 bridgehead atoms. The van der Waals surface area contributed by atoms with Crippen LogP contribution in [0.5, 0.6) is 0 Å². The zero-order valence-corrected chi connectivity index (χ0v) is 11.8. The molecule has 0 aliphatic heterocycles. The summed E-state index contributed by atoms with van der Waals surface area (Å²) >= 11 is 11.9. The Morgan fingerprint density at radius 2 is 2.00 bits per heavy atom. The van der Waals surface area contributed by atoms with E-state index in [4.69, 9.17) is 28.9 Å². The van der Waals surface area contributed by atoms with E-state index in [0.29, 0.717) is 16.5 Å². The fourth-order valence-corrected chi connectivity index (χ4v) is 2.44. The van der Waals surface area contributed by atoms with Crippen molar-refractivity contribution in [3.8, 4) is 0 Å². The number of benzene rings is 1. The van der Waals surface area contributed by atoms with Crippen LogP contribution in [0.2, 0.25) is 10.0 Å². The first-order valence-electron chi connectivity index (χ1n) is 5.73. The fraction of sp³-hybridized carbons (Fsp3) is 0.231. The number of hydrogen-bond donors (Lipinski definition) is 1. The second kappa shape index (κ2) is 5.63. The quantitative estimate of drug-likeness (QED) is 0.943. The van der Waals surface area contributed by atoms with Crippen molar-refractivity contribution in [1.29, 1.82) is 0 Å². The summed E-state index contributed by atoms with van der Waals surface area (Å²) in [6, 6.07) is 4.88. The molecule has 6 heteroatoms. The van der Waals surface area contributed by atoms with Gasteiger partial charge in [0.2, 0.25) is 5.91 Å². The molecule has 0 saturated heterocycles. The molecular formula is C13H13Cl2N3O. The SMILES string of the molecule is CC(C(N)=O)n1ccnc1Cc1cc(Cl)cc(Cl)c1. The highest BCUT2D eigenvalue weighted by atomic mass is 35.5. The van der Waals surface area contributed by atoms with E-state index in [-0.39, 0.29) is 0 Å². The van der Waals surface area contributed by atoms with Crippen molar-refractivity contribution in [3.05, 3.63) is 52.0 Å². The van der Waals surface area contributed by atoms with Crippen LogP contribution < -0.4 is 5.73 Å². The molecule has 19 heavy (non-hydrogen) atoms. The summed E-state index contributed by atoms with van der Waals surface area (Å²) in [5, 5.41) is 1.15. The molecule has 0 fully saturated rings. The van der Waals surface area contributed by atoms with Crippen molar-refractivity contribution in [2.24, 2.45) is 5.73 Å². The smallest absolute Gasteiger partial charge is 0.240 e. The van der Waals surface area contributed by atoms with Crippen LogP contribution in [-0.2, 0) is 11.2 Å². The monoisotopic (exact) mass is 297 g/mol. The van der Waals surface area contributed by atoms with Crippen molar-refractivity contribution in [2.45, 2.75) is 19.4 Å². The normalized spacial score (nSPS) is 12.4. The summed E-state index contributed by atoms with van der Waals surface area (Å²) in [7, 11) is 0. The Labute approximate surface area is 121 Å². The molecule has 1 unspecified atom stereocenters. The number of nitrogens with zero attached hydrogens (tertiary/aromatic N) is 2. The number of halogens is 2. The minimum absolute atomic E-state index is 0.400. The van der Waals surface area contributed by atoms with Crippen molar-refractivity contribution < 1.29 is 4.79 Å². The zero-order chi connectivity index (χ0) is 14.0. The molecule has 0 spiro atoms. The topological polar surface area (TPSA) is 60.9 Å². The number of aromatic nitrogens is 2. The number of rotatable bonds is 4. The maximum absolute atomic E-state index is 11.2. The Morgan fingerprint density at radius 1 is 1.37 bits per heavy atom.